The summed E-state index contributed by atoms with van der Waals surface area (Å²) in [5.74, 6) is -0.731. The van der Waals surface area contributed by atoms with Crippen molar-refractivity contribution in [2.24, 2.45) is 0 Å². The van der Waals surface area contributed by atoms with Crippen LogP contribution in [0, 0.1) is 0 Å². The molecule has 5 nitrogen and oxygen atoms in total. The number of thiazole rings is 1. The molecule has 0 aliphatic carbocycles. The van der Waals surface area contributed by atoms with Crippen molar-refractivity contribution in [2.45, 2.75) is 6.04 Å². The predicted molar refractivity (Wildman–Crippen MR) is 67.4 cm³/mol. The van der Waals surface area contributed by atoms with Gasteiger partial charge in [-0.3, -0.25) is 4.79 Å². The number of nitrogens with one attached hydrogen (secondary N) is 1. The van der Waals surface area contributed by atoms with E-state index in [0.29, 0.717) is 5.69 Å². The second-order valence-corrected chi connectivity index (χ2v) is 4.41. The maximum absolute atomic E-state index is 11.6. The summed E-state index contributed by atoms with van der Waals surface area (Å²) < 4.78 is 4.52. The molecule has 0 radical (unpaired) electrons. The van der Waals surface area contributed by atoms with E-state index in [1.54, 1.807) is 13.2 Å². The van der Waals surface area contributed by atoms with Gasteiger partial charge in [0.25, 0.3) is 5.91 Å². The molecule has 0 saturated carbocycles. The van der Waals surface area contributed by atoms with Crippen LogP contribution in [0.1, 0.15) is 10.5 Å². The standard InChI is InChI=1S/C8H11BN2O3S2/c1-14-7(13)4(2-15)10-6(12)5-3-16-8(9)11-5/h3-4,15H,2,9H2,1H3,(H,10,12). The van der Waals surface area contributed by atoms with Gasteiger partial charge < -0.3 is 10.1 Å². The molecular weight excluding hydrogens is 247 g/mol. The monoisotopic (exact) mass is 258 g/mol. The molecule has 0 bridgehead atoms. The number of carbonyl (C=O) groups excluding carboxylic acids is 2. The molecule has 0 spiro atoms. The number of aromatic nitrogens is 1. The number of rotatable bonds is 4. The second kappa shape index (κ2) is 5.90. The van der Waals surface area contributed by atoms with Crippen LogP contribution in [-0.4, -0.2) is 43.6 Å². The van der Waals surface area contributed by atoms with Gasteiger partial charge in [-0.05, 0) is 0 Å². The van der Waals surface area contributed by atoms with E-state index in [1.165, 1.54) is 18.4 Å². The van der Waals surface area contributed by atoms with Gasteiger partial charge in [0.15, 0.2) is 7.85 Å². The number of hydrogen-bond acceptors (Lipinski definition) is 6. The third-order valence-electron chi connectivity index (χ3n) is 1.83. The first-order valence-corrected chi connectivity index (χ1v) is 6.01. The van der Waals surface area contributed by atoms with E-state index < -0.39 is 17.9 Å². The van der Waals surface area contributed by atoms with E-state index in [2.05, 4.69) is 27.7 Å². The van der Waals surface area contributed by atoms with E-state index in [4.69, 9.17) is 0 Å². The minimum atomic E-state index is -0.747. The molecule has 0 saturated heterocycles. The Kier molecular flexibility index (Phi) is 4.82. The van der Waals surface area contributed by atoms with E-state index in [0.717, 1.165) is 4.91 Å². The normalized spacial score (nSPS) is 11.9. The SMILES string of the molecule is Bc1nc(C(=O)NC(CS)C(=O)OC)cs1. The lowest BCUT2D eigenvalue weighted by molar-refractivity contribution is -0.142. The summed E-state index contributed by atoms with van der Waals surface area (Å²) in [6, 6.07) is -0.747. The molecule has 8 heteroatoms. The molecule has 1 aromatic heterocycles. The molecule has 86 valence electrons. The highest BCUT2D eigenvalue weighted by molar-refractivity contribution is 7.80. The van der Waals surface area contributed by atoms with Crippen molar-refractivity contribution in [1.29, 1.82) is 0 Å². The van der Waals surface area contributed by atoms with Gasteiger partial charge in [0, 0.05) is 16.0 Å². The molecule has 1 rings (SSSR count). The molecule has 0 aliphatic rings. The Morgan fingerprint density at radius 2 is 2.44 bits per heavy atom. The number of esters is 1. The van der Waals surface area contributed by atoms with Gasteiger partial charge in [0.05, 0.1) is 7.11 Å². The van der Waals surface area contributed by atoms with Crippen molar-refractivity contribution >= 4 is 48.6 Å². The summed E-state index contributed by atoms with van der Waals surface area (Å²) in [5, 5.41) is 4.14. The summed E-state index contributed by atoms with van der Waals surface area (Å²) >= 11 is 5.34. The second-order valence-electron chi connectivity index (χ2n) is 2.98. The number of nitrogens with zero attached hydrogens (tertiary/aromatic N) is 1. The fourth-order valence-corrected chi connectivity index (χ4v) is 1.85. The Labute approximate surface area is 103 Å². The Morgan fingerprint density at radius 3 is 2.88 bits per heavy atom. The highest BCUT2D eigenvalue weighted by atomic mass is 32.1. The zero-order valence-corrected chi connectivity index (χ0v) is 10.6. The number of carbonyl (C=O) groups is 2. The molecule has 0 aliphatic heterocycles. The average molecular weight is 258 g/mol. The van der Waals surface area contributed by atoms with Gasteiger partial charge in [-0.1, -0.05) is 0 Å². The number of amides is 1. The quantitative estimate of drug-likeness (QED) is 0.396. The van der Waals surface area contributed by atoms with Crippen LogP contribution in [0.25, 0.3) is 0 Å². The summed E-state index contributed by atoms with van der Waals surface area (Å²) in [6.07, 6.45) is 0. The highest BCUT2D eigenvalue weighted by Crippen LogP contribution is 2.00. The molecular formula is C8H11BN2O3S2. The predicted octanol–water partition coefficient (Wildman–Crippen LogP) is -1.40. The average Bonchev–Trinajstić information content (AvgIpc) is 2.71. The van der Waals surface area contributed by atoms with Gasteiger partial charge in [-0.15, -0.1) is 11.3 Å². The van der Waals surface area contributed by atoms with Gasteiger partial charge >= 0.3 is 5.97 Å². The minimum Gasteiger partial charge on any atom is -0.467 e. The lowest BCUT2D eigenvalue weighted by Crippen LogP contribution is -2.43. The maximum Gasteiger partial charge on any atom is 0.329 e. The van der Waals surface area contributed by atoms with E-state index >= 15 is 0 Å². The summed E-state index contributed by atoms with van der Waals surface area (Å²) in [6.45, 7) is 0. The lowest BCUT2D eigenvalue weighted by atomic mass is 10.2. The Bertz CT molecular complexity index is 396. The van der Waals surface area contributed by atoms with Crippen molar-refractivity contribution in [3.8, 4) is 0 Å². The first-order valence-electron chi connectivity index (χ1n) is 4.50. The fourth-order valence-electron chi connectivity index (χ4n) is 1.02. The van der Waals surface area contributed by atoms with Crippen molar-refractivity contribution in [3.05, 3.63) is 11.1 Å². The van der Waals surface area contributed by atoms with Crippen LogP contribution < -0.4 is 10.2 Å². The van der Waals surface area contributed by atoms with Crippen LogP contribution in [-0.2, 0) is 9.53 Å². The lowest BCUT2D eigenvalue weighted by Gasteiger charge is -2.12. The number of thiol groups is 1. The van der Waals surface area contributed by atoms with Crippen molar-refractivity contribution < 1.29 is 14.3 Å². The molecule has 0 aromatic carbocycles. The summed E-state index contributed by atoms with van der Waals surface area (Å²) in [5.41, 5.74) is 0.304. The molecule has 1 heterocycles. The molecule has 1 N–H and O–H groups in total. The maximum atomic E-state index is 11.6. The Hall–Kier alpha value is -1.02. The van der Waals surface area contributed by atoms with Gasteiger partial charge in [0.2, 0.25) is 0 Å². The van der Waals surface area contributed by atoms with Crippen LogP contribution in [0.4, 0.5) is 0 Å². The highest BCUT2D eigenvalue weighted by Gasteiger charge is 2.21. The van der Waals surface area contributed by atoms with E-state index in [-0.39, 0.29) is 5.75 Å². The zero-order chi connectivity index (χ0) is 12.1. The molecule has 1 unspecified atom stereocenters. The molecule has 1 aromatic rings. The van der Waals surface area contributed by atoms with Crippen molar-refractivity contribution in [1.82, 2.24) is 10.3 Å². The number of ether oxygens (including phenoxy) is 1. The van der Waals surface area contributed by atoms with Crippen LogP contribution in [0.15, 0.2) is 5.38 Å². The van der Waals surface area contributed by atoms with Crippen LogP contribution in [0.2, 0.25) is 0 Å². The third kappa shape index (κ3) is 3.24. The van der Waals surface area contributed by atoms with Crippen LogP contribution in [0.3, 0.4) is 0 Å². The number of hydrogen-bond donors (Lipinski definition) is 2. The van der Waals surface area contributed by atoms with E-state index in [1.807, 2.05) is 0 Å². The number of methoxy groups -OCH3 is 1. The van der Waals surface area contributed by atoms with Crippen LogP contribution >= 0.6 is 24.0 Å². The molecule has 1 amide bonds. The van der Waals surface area contributed by atoms with Crippen LogP contribution in [0.5, 0.6) is 0 Å². The summed E-state index contributed by atoms with van der Waals surface area (Å²) in [7, 11) is 3.07. The third-order valence-corrected chi connectivity index (χ3v) is 2.96. The van der Waals surface area contributed by atoms with Crippen molar-refractivity contribution in [3.63, 3.8) is 0 Å². The van der Waals surface area contributed by atoms with Gasteiger partial charge in [-0.25, -0.2) is 9.78 Å². The Balaban J connectivity index is 2.66. The fraction of sp³-hybridized carbons (Fsp3) is 0.375. The smallest absolute Gasteiger partial charge is 0.329 e. The molecule has 0 fully saturated rings. The van der Waals surface area contributed by atoms with Crippen molar-refractivity contribution in [2.75, 3.05) is 12.9 Å². The molecule has 16 heavy (non-hydrogen) atoms. The first-order chi connectivity index (χ1) is 7.58. The summed E-state index contributed by atoms with van der Waals surface area (Å²) in [4.78, 5) is 27.7. The minimum absolute atomic E-state index is 0.182. The topological polar surface area (TPSA) is 68.3 Å². The van der Waals surface area contributed by atoms with Gasteiger partial charge in [-0.2, -0.15) is 12.6 Å². The zero-order valence-electron chi connectivity index (χ0n) is 8.89. The first kappa shape index (κ1) is 13.1. The Morgan fingerprint density at radius 1 is 1.75 bits per heavy atom. The largest absolute Gasteiger partial charge is 0.467 e. The molecule has 1 atom stereocenters. The van der Waals surface area contributed by atoms with E-state index in [9.17, 15) is 9.59 Å². The van der Waals surface area contributed by atoms with Gasteiger partial charge in [0.1, 0.15) is 11.7 Å².